The Hall–Kier alpha value is -2.04. The van der Waals surface area contributed by atoms with Crippen LogP contribution in [0.3, 0.4) is 0 Å². The van der Waals surface area contributed by atoms with Crippen molar-refractivity contribution < 1.29 is 19.4 Å². The van der Waals surface area contributed by atoms with Crippen LogP contribution in [0.2, 0.25) is 0 Å². The van der Waals surface area contributed by atoms with Crippen molar-refractivity contribution in [2.75, 3.05) is 11.9 Å². The summed E-state index contributed by atoms with van der Waals surface area (Å²) >= 11 is 0. The van der Waals surface area contributed by atoms with Crippen molar-refractivity contribution in [3.05, 3.63) is 29.3 Å². The third-order valence-corrected chi connectivity index (χ3v) is 2.27. The molecule has 0 saturated carbocycles. The Balaban J connectivity index is 2.74. The van der Waals surface area contributed by atoms with Gasteiger partial charge in [0.1, 0.15) is 0 Å². The van der Waals surface area contributed by atoms with Crippen LogP contribution in [0, 0.1) is 12.8 Å². The lowest BCUT2D eigenvalue weighted by Crippen LogP contribution is -2.17. The highest BCUT2D eigenvalue weighted by atomic mass is 16.5. The molecule has 18 heavy (non-hydrogen) atoms. The summed E-state index contributed by atoms with van der Waals surface area (Å²) in [6.45, 7) is 5.97. The van der Waals surface area contributed by atoms with Gasteiger partial charge in [0.05, 0.1) is 12.2 Å². The van der Waals surface area contributed by atoms with Gasteiger partial charge in [-0.05, 0) is 30.5 Å². The molecule has 0 radical (unpaired) electrons. The zero-order valence-electron chi connectivity index (χ0n) is 10.7. The topological polar surface area (TPSA) is 75.6 Å². The van der Waals surface area contributed by atoms with Gasteiger partial charge in [0, 0.05) is 5.69 Å². The number of carboxylic acids is 1. The summed E-state index contributed by atoms with van der Waals surface area (Å²) in [6, 6.07) is 4.54. The number of hydrogen-bond acceptors (Lipinski definition) is 3. The molecule has 0 heterocycles. The average Bonchev–Trinajstić information content (AvgIpc) is 2.29. The van der Waals surface area contributed by atoms with E-state index < -0.39 is 12.1 Å². The Morgan fingerprint density at radius 2 is 2.06 bits per heavy atom. The first kappa shape index (κ1) is 14.0. The molecular formula is C13H17NO4. The monoisotopic (exact) mass is 251 g/mol. The average molecular weight is 251 g/mol. The molecular weight excluding hydrogens is 234 g/mol. The third kappa shape index (κ3) is 4.08. The van der Waals surface area contributed by atoms with Crippen molar-refractivity contribution in [2.24, 2.45) is 5.92 Å². The largest absolute Gasteiger partial charge is 0.478 e. The van der Waals surface area contributed by atoms with E-state index in [1.54, 1.807) is 13.0 Å². The first-order valence-corrected chi connectivity index (χ1v) is 5.68. The second kappa shape index (κ2) is 6.05. The molecule has 0 spiro atoms. The van der Waals surface area contributed by atoms with Crippen molar-refractivity contribution >= 4 is 17.7 Å². The maximum Gasteiger partial charge on any atom is 0.411 e. The number of hydrogen-bond donors (Lipinski definition) is 2. The fourth-order valence-corrected chi connectivity index (χ4v) is 1.28. The summed E-state index contributed by atoms with van der Waals surface area (Å²) in [7, 11) is 0. The summed E-state index contributed by atoms with van der Waals surface area (Å²) in [6.07, 6.45) is -0.575. The van der Waals surface area contributed by atoms with Gasteiger partial charge >= 0.3 is 12.1 Å². The number of benzene rings is 1. The number of anilines is 1. The molecule has 5 nitrogen and oxygen atoms in total. The van der Waals surface area contributed by atoms with Gasteiger partial charge in [0.25, 0.3) is 0 Å². The Morgan fingerprint density at radius 3 is 2.61 bits per heavy atom. The highest BCUT2D eigenvalue weighted by Gasteiger charge is 2.10. The van der Waals surface area contributed by atoms with E-state index in [0.717, 1.165) is 5.56 Å². The standard InChI is InChI=1S/C13H17NO4/c1-8(2)7-18-13(17)14-11-6-10(12(15)16)5-4-9(11)3/h4-6,8H,7H2,1-3H3,(H,14,17)(H,15,16). The van der Waals surface area contributed by atoms with E-state index in [9.17, 15) is 9.59 Å². The van der Waals surface area contributed by atoms with Gasteiger partial charge < -0.3 is 9.84 Å². The van der Waals surface area contributed by atoms with E-state index in [-0.39, 0.29) is 11.5 Å². The fraction of sp³-hybridized carbons (Fsp3) is 0.385. The molecule has 0 aliphatic rings. The normalized spacial score (nSPS) is 10.2. The van der Waals surface area contributed by atoms with Crippen molar-refractivity contribution in [3.63, 3.8) is 0 Å². The van der Waals surface area contributed by atoms with Gasteiger partial charge in [-0.1, -0.05) is 19.9 Å². The summed E-state index contributed by atoms with van der Waals surface area (Å²) in [5.41, 5.74) is 1.35. The number of aryl methyl sites for hydroxylation is 1. The molecule has 2 N–H and O–H groups in total. The van der Waals surface area contributed by atoms with Gasteiger partial charge in [-0.3, -0.25) is 5.32 Å². The Bertz CT molecular complexity index is 454. The molecule has 5 heteroatoms. The van der Waals surface area contributed by atoms with Gasteiger partial charge in [-0.25, -0.2) is 9.59 Å². The lowest BCUT2D eigenvalue weighted by Gasteiger charge is -2.11. The molecule has 1 aromatic rings. The van der Waals surface area contributed by atoms with Crippen LogP contribution in [-0.4, -0.2) is 23.8 Å². The molecule has 1 aromatic carbocycles. The van der Waals surface area contributed by atoms with Crippen LogP contribution in [0.1, 0.15) is 29.8 Å². The second-order valence-corrected chi connectivity index (χ2v) is 4.45. The molecule has 1 rings (SSSR count). The first-order chi connectivity index (χ1) is 8.40. The quantitative estimate of drug-likeness (QED) is 0.862. The minimum atomic E-state index is -1.03. The Morgan fingerprint density at radius 1 is 1.39 bits per heavy atom. The smallest absolute Gasteiger partial charge is 0.411 e. The fourth-order valence-electron chi connectivity index (χ4n) is 1.28. The van der Waals surface area contributed by atoms with Crippen LogP contribution < -0.4 is 5.32 Å². The molecule has 0 saturated heterocycles. The van der Waals surface area contributed by atoms with Gasteiger partial charge in [-0.2, -0.15) is 0 Å². The van der Waals surface area contributed by atoms with E-state index in [0.29, 0.717) is 12.3 Å². The van der Waals surface area contributed by atoms with Crippen LogP contribution >= 0.6 is 0 Å². The number of carbonyl (C=O) groups excluding carboxylic acids is 1. The number of aromatic carboxylic acids is 1. The zero-order valence-corrected chi connectivity index (χ0v) is 10.7. The second-order valence-electron chi connectivity index (χ2n) is 4.45. The number of nitrogens with one attached hydrogen (secondary N) is 1. The van der Waals surface area contributed by atoms with Crippen LogP contribution in [-0.2, 0) is 4.74 Å². The number of amides is 1. The van der Waals surface area contributed by atoms with E-state index in [1.165, 1.54) is 12.1 Å². The summed E-state index contributed by atoms with van der Waals surface area (Å²) in [5, 5.41) is 11.4. The highest BCUT2D eigenvalue weighted by Crippen LogP contribution is 2.17. The van der Waals surface area contributed by atoms with Crippen LogP contribution in [0.4, 0.5) is 10.5 Å². The van der Waals surface area contributed by atoms with E-state index in [4.69, 9.17) is 9.84 Å². The van der Waals surface area contributed by atoms with Gasteiger partial charge in [0.15, 0.2) is 0 Å². The minimum absolute atomic E-state index is 0.125. The van der Waals surface area contributed by atoms with Crippen LogP contribution in [0.15, 0.2) is 18.2 Å². The Labute approximate surface area is 106 Å². The molecule has 1 amide bonds. The molecule has 0 aliphatic carbocycles. The summed E-state index contributed by atoms with van der Waals surface area (Å²) in [5.74, 6) is -0.782. The predicted octanol–water partition coefficient (Wildman–Crippen LogP) is 2.90. The van der Waals surface area contributed by atoms with Gasteiger partial charge in [0.2, 0.25) is 0 Å². The van der Waals surface area contributed by atoms with Crippen molar-refractivity contribution in [1.29, 1.82) is 0 Å². The van der Waals surface area contributed by atoms with Crippen LogP contribution in [0.25, 0.3) is 0 Å². The molecule has 0 bridgehead atoms. The zero-order chi connectivity index (χ0) is 13.7. The number of ether oxygens (including phenoxy) is 1. The molecule has 0 aliphatic heterocycles. The van der Waals surface area contributed by atoms with Crippen molar-refractivity contribution in [3.8, 4) is 0 Å². The molecule has 0 fully saturated rings. The first-order valence-electron chi connectivity index (χ1n) is 5.68. The SMILES string of the molecule is Cc1ccc(C(=O)O)cc1NC(=O)OCC(C)C. The molecule has 0 aromatic heterocycles. The predicted molar refractivity (Wildman–Crippen MR) is 67.9 cm³/mol. The number of carboxylic acid groups (broad SMARTS) is 1. The molecule has 98 valence electrons. The Kier molecular flexibility index (Phi) is 4.71. The lowest BCUT2D eigenvalue weighted by molar-refractivity contribution is 0.0696. The van der Waals surface area contributed by atoms with Crippen molar-refractivity contribution in [1.82, 2.24) is 0 Å². The number of carbonyl (C=O) groups is 2. The van der Waals surface area contributed by atoms with E-state index in [1.807, 2.05) is 13.8 Å². The van der Waals surface area contributed by atoms with Crippen molar-refractivity contribution in [2.45, 2.75) is 20.8 Å². The van der Waals surface area contributed by atoms with E-state index >= 15 is 0 Å². The van der Waals surface area contributed by atoms with Crippen LogP contribution in [0.5, 0.6) is 0 Å². The van der Waals surface area contributed by atoms with Gasteiger partial charge in [-0.15, -0.1) is 0 Å². The molecule has 0 unspecified atom stereocenters. The third-order valence-electron chi connectivity index (χ3n) is 2.27. The molecule has 0 atom stereocenters. The summed E-state index contributed by atoms with van der Waals surface area (Å²) in [4.78, 5) is 22.3. The maximum absolute atomic E-state index is 11.5. The summed E-state index contributed by atoms with van der Waals surface area (Å²) < 4.78 is 4.97. The highest BCUT2D eigenvalue weighted by molar-refractivity contribution is 5.92. The maximum atomic E-state index is 11.5. The number of rotatable bonds is 4. The van der Waals surface area contributed by atoms with E-state index in [2.05, 4.69) is 5.32 Å². The lowest BCUT2D eigenvalue weighted by atomic mass is 10.1. The minimum Gasteiger partial charge on any atom is -0.478 e.